The number of para-hydroxylation sites is 1. The van der Waals surface area contributed by atoms with E-state index in [1.54, 1.807) is 18.2 Å². The largest absolute Gasteiger partial charge is 0.434 e. The number of hydrogen-bond donors (Lipinski definition) is 1. The molecule has 96 valence electrons. The quantitative estimate of drug-likeness (QED) is 0.825. The molecule has 2 atom stereocenters. The molecule has 17 heavy (non-hydrogen) atoms. The molecule has 0 spiro atoms. The van der Waals surface area contributed by atoms with Crippen LogP contribution >= 0.6 is 0 Å². The number of ether oxygens (including phenoxy) is 1. The molecule has 0 saturated heterocycles. The van der Waals surface area contributed by atoms with Crippen molar-refractivity contribution in [2.45, 2.75) is 39.4 Å². The smallest absolute Gasteiger partial charge is 0.387 e. The van der Waals surface area contributed by atoms with Crippen LogP contribution in [0, 0.1) is 5.92 Å². The van der Waals surface area contributed by atoms with Gasteiger partial charge >= 0.3 is 6.61 Å². The lowest BCUT2D eigenvalue weighted by molar-refractivity contribution is -0.0517. The van der Waals surface area contributed by atoms with E-state index in [9.17, 15) is 13.9 Å². The fourth-order valence-corrected chi connectivity index (χ4v) is 1.63. The third-order valence-corrected chi connectivity index (χ3v) is 2.82. The van der Waals surface area contributed by atoms with Gasteiger partial charge in [0, 0.05) is 5.56 Å². The van der Waals surface area contributed by atoms with Crippen molar-refractivity contribution in [1.82, 2.24) is 0 Å². The van der Waals surface area contributed by atoms with Crippen molar-refractivity contribution >= 4 is 0 Å². The van der Waals surface area contributed by atoms with E-state index in [0.29, 0.717) is 17.9 Å². The van der Waals surface area contributed by atoms with Crippen molar-refractivity contribution in [3.05, 3.63) is 29.8 Å². The molecule has 1 aromatic carbocycles. The van der Waals surface area contributed by atoms with Crippen LogP contribution in [0.25, 0.3) is 0 Å². The van der Waals surface area contributed by atoms with Crippen LogP contribution in [0.5, 0.6) is 5.75 Å². The lowest BCUT2D eigenvalue weighted by atomic mass is 9.96. The van der Waals surface area contributed by atoms with E-state index in [1.165, 1.54) is 6.07 Å². The van der Waals surface area contributed by atoms with Gasteiger partial charge in [-0.2, -0.15) is 8.78 Å². The fraction of sp³-hybridized carbons (Fsp3) is 0.538. The van der Waals surface area contributed by atoms with Crippen LogP contribution in [0.4, 0.5) is 8.78 Å². The summed E-state index contributed by atoms with van der Waals surface area (Å²) in [6.45, 7) is 1.17. The van der Waals surface area contributed by atoms with Crippen LogP contribution in [-0.4, -0.2) is 11.7 Å². The van der Waals surface area contributed by atoms with Gasteiger partial charge in [-0.05, 0) is 18.4 Å². The Hall–Kier alpha value is -1.16. The zero-order valence-electron chi connectivity index (χ0n) is 10.1. The minimum absolute atomic E-state index is 0.0540. The second kappa shape index (κ2) is 6.55. The summed E-state index contributed by atoms with van der Waals surface area (Å²) in [5.41, 5.74) is 0.424. The monoisotopic (exact) mass is 244 g/mol. The van der Waals surface area contributed by atoms with E-state index in [-0.39, 0.29) is 5.75 Å². The summed E-state index contributed by atoms with van der Waals surface area (Å²) in [4.78, 5) is 0. The highest BCUT2D eigenvalue weighted by Gasteiger charge is 2.17. The Balaban J connectivity index is 2.81. The molecule has 0 heterocycles. The Morgan fingerprint density at radius 1 is 1.29 bits per heavy atom. The maximum Gasteiger partial charge on any atom is 0.387 e. The molecule has 0 aromatic heterocycles. The number of rotatable bonds is 6. The zero-order chi connectivity index (χ0) is 12.8. The van der Waals surface area contributed by atoms with Gasteiger partial charge in [-0.3, -0.25) is 0 Å². The molecular weight excluding hydrogens is 226 g/mol. The van der Waals surface area contributed by atoms with E-state index >= 15 is 0 Å². The Bertz CT molecular complexity index is 342. The van der Waals surface area contributed by atoms with Crippen molar-refractivity contribution in [1.29, 1.82) is 0 Å². The van der Waals surface area contributed by atoms with Gasteiger partial charge in [0.25, 0.3) is 0 Å². The van der Waals surface area contributed by atoms with E-state index in [0.717, 1.165) is 6.42 Å². The third kappa shape index (κ3) is 4.30. The van der Waals surface area contributed by atoms with Gasteiger partial charge in [-0.1, -0.05) is 38.5 Å². The summed E-state index contributed by atoms with van der Waals surface area (Å²) >= 11 is 0. The standard InChI is InChI=1S/C13H18F2O2/c1-3-9(2)8-11(16)10-6-4-5-7-12(10)17-13(14)15/h4-7,9,11,13,16H,3,8H2,1-2H3. The van der Waals surface area contributed by atoms with Gasteiger partial charge in [0.1, 0.15) is 5.75 Å². The molecule has 0 aliphatic heterocycles. The lowest BCUT2D eigenvalue weighted by Crippen LogP contribution is -2.09. The summed E-state index contributed by atoms with van der Waals surface area (Å²) in [6, 6.07) is 6.37. The van der Waals surface area contributed by atoms with Gasteiger partial charge in [-0.15, -0.1) is 0 Å². The number of hydrogen-bond acceptors (Lipinski definition) is 2. The SMILES string of the molecule is CCC(C)CC(O)c1ccccc1OC(F)F. The highest BCUT2D eigenvalue weighted by molar-refractivity contribution is 5.35. The molecule has 0 saturated carbocycles. The first-order valence-electron chi connectivity index (χ1n) is 5.76. The number of aliphatic hydroxyl groups is 1. The van der Waals surface area contributed by atoms with E-state index in [1.807, 2.05) is 13.8 Å². The van der Waals surface area contributed by atoms with E-state index in [2.05, 4.69) is 4.74 Å². The topological polar surface area (TPSA) is 29.5 Å². The Kier molecular flexibility index (Phi) is 5.35. The molecule has 1 N–H and O–H groups in total. The van der Waals surface area contributed by atoms with Crippen LogP contribution in [0.15, 0.2) is 24.3 Å². The molecule has 0 aliphatic rings. The average Bonchev–Trinajstić information content (AvgIpc) is 2.28. The second-order valence-electron chi connectivity index (χ2n) is 4.18. The van der Waals surface area contributed by atoms with Gasteiger partial charge < -0.3 is 9.84 Å². The fourth-order valence-electron chi connectivity index (χ4n) is 1.63. The third-order valence-electron chi connectivity index (χ3n) is 2.82. The number of alkyl halides is 2. The van der Waals surface area contributed by atoms with E-state index in [4.69, 9.17) is 0 Å². The van der Waals surface area contributed by atoms with Gasteiger partial charge in [0.2, 0.25) is 0 Å². The zero-order valence-corrected chi connectivity index (χ0v) is 10.1. The van der Waals surface area contributed by atoms with Crippen LogP contribution in [0.2, 0.25) is 0 Å². The summed E-state index contributed by atoms with van der Waals surface area (Å²) in [5, 5.41) is 9.99. The summed E-state index contributed by atoms with van der Waals surface area (Å²) < 4.78 is 28.8. The Morgan fingerprint density at radius 2 is 1.94 bits per heavy atom. The van der Waals surface area contributed by atoms with Crippen molar-refractivity contribution < 1.29 is 18.6 Å². The highest BCUT2D eigenvalue weighted by atomic mass is 19.3. The van der Waals surface area contributed by atoms with Crippen molar-refractivity contribution in [2.75, 3.05) is 0 Å². The van der Waals surface area contributed by atoms with Gasteiger partial charge in [0.15, 0.2) is 0 Å². The normalized spacial score (nSPS) is 14.7. The molecule has 1 rings (SSSR count). The minimum atomic E-state index is -2.87. The van der Waals surface area contributed by atoms with E-state index < -0.39 is 12.7 Å². The summed E-state index contributed by atoms with van der Waals surface area (Å²) in [7, 11) is 0. The lowest BCUT2D eigenvalue weighted by Gasteiger charge is -2.18. The first kappa shape index (κ1) is 13.9. The molecule has 4 heteroatoms. The number of aliphatic hydroxyl groups excluding tert-OH is 1. The highest BCUT2D eigenvalue weighted by Crippen LogP contribution is 2.30. The minimum Gasteiger partial charge on any atom is -0.434 e. The van der Waals surface area contributed by atoms with Crippen LogP contribution in [0.3, 0.4) is 0 Å². The molecule has 1 aromatic rings. The number of halogens is 2. The average molecular weight is 244 g/mol. The Labute approximate surface area is 100 Å². The van der Waals surface area contributed by atoms with Crippen molar-refractivity contribution in [2.24, 2.45) is 5.92 Å². The molecule has 0 radical (unpaired) electrons. The maximum absolute atomic E-state index is 12.2. The van der Waals surface area contributed by atoms with Crippen LogP contribution in [0.1, 0.15) is 38.4 Å². The molecule has 0 bridgehead atoms. The molecule has 0 amide bonds. The van der Waals surface area contributed by atoms with Crippen molar-refractivity contribution in [3.8, 4) is 5.75 Å². The van der Waals surface area contributed by atoms with Gasteiger partial charge in [0.05, 0.1) is 6.10 Å². The maximum atomic E-state index is 12.2. The predicted octanol–water partition coefficient (Wildman–Crippen LogP) is 3.76. The Morgan fingerprint density at radius 3 is 2.53 bits per heavy atom. The number of benzene rings is 1. The molecule has 0 fully saturated rings. The summed E-state index contributed by atoms with van der Waals surface area (Å²) in [5.74, 6) is 0.392. The molecule has 2 nitrogen and oxygen atoms in total. The molecular formula is C13H18F2O2. The second-order valence-corrected chi connectivity index (χ2v) is 4.18. The van der Waals surface area contributed by atoms with Crippen molar-refractivity contribution in [3.63, 3.8) is 0 Å². The predicted molar refractivity (Wildman–Crippen MR) is 62.1 cm³/mol. The molecule has 2 unspecified atom stereocenters. The first-order valence-corrected chi connectivity index (χ1v) is 5.76. The van der Waals surface area contributed by atoms with Crippen LogP contribution in [-0.2, 0) is 0 Å². The van der Waals surface area contributed by atoms with Crippen LogP contribution < -0.4 is 4.74 Å². The first-order chi connectivity index (χ1) is 8.04. The molecule has 0 aliphatic carbocycles. The summed E-state index contributed by atoms with van der Waals surface area (Å²) in [6.07, 6.45) is 0.717. The van der Waals surface area contributed by atoms with Gasteiger partial charge in [-0.25, -0.2) is 0 Å².